The van der Waals surface area contributed by atoms with Crippen molar-refractivity contribution in [2.45, 2.75) is 12.8 Å². The Hall–Kier alpha value is -2.86. The van der Waals surface area contributed by atoms with Crippen molar-refractivity contribution in [3.05, 3.63) is 42.5 Å². The molecule has 2 aromatic carbocycles. The molecule has 1 aliphatic heterocycles. The average Bonchev–Trinajstić information content (AvgIpc) is 3.05. The molecule has 0 bridgehead atoms. The number of morpholine rings is 1. The van der Waals surface area contributed by atoms with Crippen LogP contribution in [0, 0.1) is 0 Å². The van der Waals surface area contributed by atoms with Gasteiger partial charge in [-0.25, -0.2) is 0 Å². The van der Waals surface area contributed by atoms with Crippen molar-refractivity contribution < 1.29 is 18.7 Å². The lowest BCUT2D eigenvalue weighted by Gasteiger charge is -2.26. The van der Waals surface area contributed by atoms with Gasteiger partial charge in [0.25, 0.3) is 0 Å². The van der Waals surface area contributed by atoms with Crippen LogP contribution in [-0.2, 0) is 14.3 Å². The van der Waals surface area contributed by atoms with Gasteiger partial charge in [-0.15, -0.1) is 0 Å². The van der Waals surface area contributed by atoms with Gasteiger partial charge >= 0.3 is 0 Å². The fourth-order valence-electron chi connectivity index (χ4n) is 3.22. The van der Waals surface area contributed by atoms with Crippen LogP contribution < -0.4 is 5.32 Å². The van der Waals surface area contributed by atoms with Crippen LogP contribution in [0.1, 0.15) is 12.8 Å². The molecule has 0 saturated carbocycles. The molecule has 26 heavy (non-hydrogen) atoms. The molecule has 1 fully saturated rings. The summed E-state index contributed by atoms with van der Waals surface area (Å²) in [6.45, 7) is 2.34. The predicted molar refractivity (Wildman–Crippen MR) is 99.0 cm³/mol. The number of para-hydroxylation sites is 1. The van der Waals surface area contributed by atoms with Gasteiger partial charge < -0.3 is 19.4 Å². The van der Waals surface area contributed by atoms with E-state index in [0.717, 1.165) is 21.9 Å². The van der Waals surface area contributed by atoms with E-state index in [1.54, 1.807) is 4.90 Å². The first-order valence-electron chi connectivity index (χ1n) is 8.77. The van der Waals surface area contributed by atoms with E-state index in [9.17, 15) is 9.59 Å². The highest BCUT2D eigenvalue weighted by Gasteiger charge is 2.17. The molecule has 6 nitrogen and oxygen atoms in total. The number of fused-ring (bicyclic) bond motifs is 3. The predicted octanol–water partition coefficient (Wildman–Crippen LogP) is 3.16. The highest BCUT2D eigenvalue weighted by atomic mass is 16.5. The lowest BCUT2D eigenvalue weighted by Crippen LogP contribution is -2.40. The number of benzene rings is 2. The van der Waals surface area contributed by atoms with Crippen LogP contribution in [-0.4, -0.2) is 43.0 Å². The van der Waals surface area contributed by atoms with Crippen molar-refractivity contribution in [1.82, 2.24) is 4.90 Å². The Balaban J connectivity index is 1.40. The number of carbonyl (C=O) groups excluding carboxylic acids is 2. The quantitative estimate of drug-likeness (QED) is 0.783. The monoisotopic (exact) mass is 352 g/mol. The normalized spacial score (nSPS) is 14.7. The molecular formula is C20H20N2O4. The number of amides is 2. The number of nitrogens with one attached hydrogen (secondary N) is 1. The molecule has 2 heterocycles. The van der Waals surface area contributed by atoms with Gasteiger partial charge in [-0.05, 0) is 24.3 Å². The number of hydrogen-bond acceptors (Lipinski definition) is 4. The van der Waals surface area contributed by atoms with E-state index in [1.807, 2.05) is 42.5 Å². The maximum Gasteiger partial charge on any atom is 0.224 e. The Morgan fingerprint density at radius 1 is 0.962 bits per heavy atom. The SMILES string of the molecule is O=C(CCC(=O)N1CCOCC1)Nc1ccc2oc3ccccc3c2c1. The standard InChI is InChI=1S/C20H20N2O4/c23-19(7-8-20(24)22-9-11-25-12-10-22)21-14-5-6-18-16(13-14)15-3-1-2-4-17(15)26-18/h1-6,13H,7-12H2,(H,21,23). The minimum Gasteiger partial charge on any atom is -0.456 e. The maximum absolute atomic E-state index is 12.2. The summed E-state index contributed by atoms with van der Waals surface area (Å²) in [5, 5.41) is 4.85. The highest BCUT2D eigenvalue weighted by Crippen LogP contribution is 2.30. The van der Waals surface area contributed by atoms with Crippen molar-refractivity contribution in [3.63, 3.8) is 0 Å². The molecule has 0 spiro atoms. The van der Waals surface area contributed by atoms with Gasteiger partial charge in [-0.2, -0.15) is 0 Å². The summed E-state index contributed by atoms with van der Waals surface area (Å²) in [5.41, 5.74) is 2.31. The Labute approximate surface area is 150 Å². The summed E-state index contributed by atoms with van der Waals surface area (Å²) >= 11 is 0. The third kappa shape index (κ3) is 3.41. The molecule has 0 atom stereocenters. The summed E-state index contributed by atoms with van der Waals surface area (Å²) in [7, 11) is 0. The first-order chi connectivity index (χ1) is 12.7. The molecule has 1 aromatic heterocycles. The number of carbonyl (C=O) groups is 2. The molecule has 6 heteroatoms. The minimum absolute atomic E-state index is 0.000249. The van der Waals surface area contributed by atoms with Gasteiger partial charge in [-0.3, -0.25) is 9.59 Å². The number of rotatable bonds is 4. The molecule has 0 unspecified atom stereocenters. The van der Waals surface area contributed by atoms with Crippen molar-refractivity contribution >= 4 is 39.4 Å². The lowest BCUT2D eigenvalue weighted by molar-refractivity contribution is -0.136. The topological polar surface area (TPSA) is 71.8 Å². The average molecular weight is 352 g/mol. The summed E-state index contributed by atoms with van der Waals surface area (Å²) in [6.07, 6.45) is 0.378. The van der Waals surface area contributed by atoms with Crippen molar-refractivity contribution in [3.8, 4) is 0 Å². The van der Waals surface area contributed by atoms with Gasteiger partial charge in [0.15, 0.2) is 0 Å². The molecule has 0 radical (unpaired) electrons. The zero-order valence-corrected chi connectivity index (χ0v) is 14.4. The Bertz CT molecular complexity index is 957. The van der Waals surface area contributed by atoms with E-state index >= 15 is 0 Å². The molecule has 4 rings (SSSR count). The first kappa shape index (κ1) is 16.6. The Morgan fingerprint density at radius 2 is 1.73 bits per heavy atom. The molecule has 2 amide bonds. The number of anilines is 1. The van der Waals surface area contributed by atoms with E-state index in [4.69, 9.17) is 9.15 Å². The molecule has 3 aromatic rings. The fourth-order valence-corrected chi connectivity index (χ4v) is 3.22. The number of hydrogen-bond donors (Lipinski definition) is 1. The van der Waals surface area contributed by atoms with E-state index < -0.39 is 0 Å². The number of nitrogens with zero attached hydrogens (tertiary/aromatic N) is 1. The summed E-state index contributed by atoms with van der Waals surface area (Å²) < 4.78 is 11.0. The molecular weight excluding hydrogens is 332 g/mol. The second kappa shape index (κ2) is 7.17. The van der Waals surface area contributed by atoms with E-state index in [2.05, 4.69) is 5.32 Å². The summed E-state index contributed by atoms with van der Waals surface area (Å²) in [5.74, 6) is -0.168. The van der Waals surface area contributed by atoms with E-state index in [-0.39, 0.29) is 24.7 Å². The van der Waals surface area contributed by atoms with Crippen molar-refractivity contribution in [2.75, 3.05) is 31.6 Å². The number of furan rings is 1. The van der Waals surface area contributed by atoms with Crippen LogP contribution in [0.4, 0.5) is 5.69 Å². The van der Waals surface area contributed by atoms with Crippen molar-refractivity contribution in [2.24, 2.45) is 0 Å². The minimum atomic E-state index is -0.168. The smallest absolute Gasteiger partial charge is 0.224 e. The third-order valence-corrected chi connectivity index (χ3v) is 4.59. The van der Waals surface area contributed by atoms with E-state index in [0.29, 0.717) is 32.0 Å². The molecule has 1 N–H and O–H groups in total. The highest BCUT2D eigenvalue weighted by molar-refractivity contribution is 6.07. The van der Waals surface area contributed by atoms with Gasteiger partial charge in [0, 0.05) is 42.4 Å². The maximum atomic E-state index is 12.2. The largest absolute Gasteiger partial charge is 0.456 e. The van der Waals surface area contributed by atoms with Crippen molar-refractivity contribution in [1.29, 1.82) is 0 Å². The fraction of sp³-hybridized carbons (Fsp3) is 0.300. The Kier molecular flexibility index (Phi) is 4.58. The van der Waals surface area contributed by atoms with Gasteiger partial charge in [0.05, 0.1) is 13.2 Å². The van der Waals surface area contributed by atoms with Crippen LogP contribution in [0.15, 0.2) is 46.9 Å². The second-order valence-electron chi connectivity index (χ2n) is 6.35. The molecule has 134 valence electrons. The van der Waals surface area contributed by atoms with Crippen LogP contribution in [0.3, 0.4) is 0 Å². The third-order valence-electron chi connectivity index (χ3n) is 4.59. The van der Waals surface area contributed by atoms with Gasteiger partial charge in [0.2, 0.25) is 11.8 Å². The van der Waals surface area contributed by atoms with Gasteiger partial charge in [-0.1, -0.05) is 18.2 Å². The van der Waals surface area contributed by atoms with Gasteiger partial charge in [0.1, 0.15) is 11.2 Å². The Morgan fingerprint density at radius 3 is 2.58 bits per heavy atom. The van der Waals surface area contributed by atoms with Crippen LogP contribution in [0.25, 0.3) is 21.9 Å². The molecule has 0 aliphatic carbocycles. The van der Waals surface area contributed by atoms with Crippen LogP contribution >= 0.6 is 0 Å². The van der Waals surface area contributed by atoms with Crippen LogP contribution in [0.5, 0.6) is 0 Å². The van der Waals surface area contributed by atoms with Crippen LogP contribution in [0.2, 0.25) is 0 Å². The molecule has 1 saturated heterocycles. The zero-order chi connectivity index (χ0) is 17.9. The lowest BCUT2D eigenvalue weighted by atomic mass is 10.1. The zero-order valence-electron chi connectivity index (χ0n) is 14.4. The molecule has 1 aliphatic rings. The first-order valence-corrected chi connectivity index (χ1v) is 8.77. The van der Waals surface area contributed by atoms with E-state index in [1.165, 1.54) is 0 Å². The second-order valence-corrected chi connectivity index (χ2v) is 6.35. The summed E-state index contributed by atoms with van der Waals surface area (Å²) in [6, 6.07) is 13.4. The number of ether oxygens (including phenoxy) is 1. The summed E-state index contributed by atoms with van der Waals surface area (Å²) in [4.78, 5) is 26.1.